The van der Waals surface area contributed by atoms with Gasteiger partial charge >= 0.3 is 5.97 Å². The molecule has 0 spiro atoms. The molecule has 0 radical (unpaired) electrons. The second-order valence-electron chi connectivity index (χ2n) is 3.45. The lowest BCUT2D eigenvalue weighted by Gasteiger charge is -2.13. The number of nitrogens with one attached hydrogen (secondary N) is 1. The van der Waals surface area contributed by atoms with E-state index in [0.29, 0.717) is 11.0 Å². The van der Waals surface area contributed by atoms with Crippen molar-refractivity contribution >= 4 is 22.8 Å². The summed E-state index contributed by atoms with van der Waals surface area (Å²) in [4.78, 5) is 20.9. The average molecular weight is 238 g/mol. The van der Waals surface area contributed by atoms with Gasteiger partial charge in [-0.25, -0.2) is 14.8 Å². The van der Waals surface area contributed by atoms with Gasteiger partial charge in [0.2, 0.25) is 0 Å². The highest BCUT2D eigenvalue weighted by molar-refractivity contribution is 5.90. The summed E-state index contributed by atoms with van der Waals surface area (Å²) in [5.74, 6) is -1.43. The Labute approximate surface area is 94.7 Å². The van der Waals surface area contributed by atoms with E-state index in [1.54, 1.807) is 0 Å². The predicted octanol–water partition coefficient (Wildman–Crippen LogP) is -0.981. The van der Waals surface area contributed by atoms with Crippen molar-refractivity contribution in [2.75, 3.05) is 5.73 Å². The number of fused-ring (bicyclic) bond motifs is 1. The number of nitrogens with zero attached hydrogens (tertiary/aromatic N) is 2. The zero-order valence-corrected chi connectivity index (χ0v) is 8.53. The standard InChI is InChI=1S/C9H10N4O4/c10-7-4-3(5(14)6(15)9(16)17)1-11-8(4)13-2-12-7/h1-2,5-6,14-15H,(H,16,17)(H3,10,11,12,13). The number of aliphatic hydroxyl groups is 2. The zero-order valence-electron chi connectivity index (χ0n) is 8.53. The molecule has 2 atom stereocenters. The SMILES string of the molecule is Nc1ncnc2[nH]cc(C(O)C(O)C(=O)O)c12. The molecule has 2 aromatic heterocycles. The fourth-order valence-corrected chi connectivity index (χ4v) is 1.55. The predicted molar refractivity (Wildman–Crippen MR) is 56.9 cm³/mol. The van der Waals surface area contributed by atoms with E-state index in [1.165, 1.54) is 12.5 Å². The van der Waals surface area contributed by atoms with Crippen molar-refractivity contribution in [3.05, 3.63) is 18.1 Å². The quantitative estimate of drug-likeness (QED) is 0.461. The number of nitrogens with two attached hydrogens (primary N) is 1. The molecule has 0 aromatic carbocycles. The molecule has 17 heavy (non-hydrogen) atoms. The highest BCUT2D eigenvalue weighted by atomic mass is 16.4. The number of H-pyrrole nitrogens is 1. The minimum Gasteiger partial charge on any atom is -0.479 e. The van der Waals surface area contributed by atoms with E-state index in [1.807, 2.05) is 0 Å². The largest absolute Gasteiger partial charge is 0.479 e. The lowest BCUT2D eigenvalue weighted by Crippen LogP contribution is -2.27. The van der Waals surface area contributed by atoms with Crippen LogP contribution in [0.1, 0.15) is 11.7 Å². The van der Waals surface area contributed by atoms with Crippen molar-refractivity contribution in [1.29, 1.82) is 0 Å². The molecule has 0 saturated carbocycles. The van der Waals surface area contributed by atoms with Gasteiger partial charge < -0.3 is 26.0 Å². The summed E-state index contributed by atoms with van der Waals surface area (Å²) >= 11 is 0. The second-order valence-corrected chi connectivity index (χ2v) is 3.45. The lowest BCUT2D eigenvalue weighted by atomic mass is 10.1. The number of carboxylic acids is 1. The number of aromatic nitrogens is 3. The number of carbonyl (C=O) groups is 1. The number of carboxylic acid groups (broad SMARTS) is 1. The third-order valence-electron chi connectivity index (χ3n) is 2.40. The van der Waals surface area contributed by atoms with Crippen LogP contribution in [0, 0.1) is 0 Å². The molecule has 8 nitrogen and oxygen atoms in total. The van der Waals surface area contributed by atoms with Crippen LogP contribution in [0.4, 0.5) is 5.82 Å². The van der Waals surface area contributed by atoms with E-state index in [9.17, 15) is 15.0 Å². The van der Waals surface area contributed by atoms with Gasteiger partial charge in [-0.05, 0) is 0 Å². The molecule has 0 aliphatic heterocycles. The third kappa shape index (κ3) is 1.79. The molecule has 2 rings (SSSR count). The van der Waals surface area contributed by atoms with E-state index < -0.39 is 18.2 Å². The molecule has 0 amide bonds. The summed E-state index contributed by atoms with van der Waals surface area (Å²) in [6, 6.07) is 0. The first-order valence-electron chi connectivity index (χ1n) is 4.68. The topological polar surface area (TPSA) is 145 Å². The Morgan fingerprint density at radius 3 is 2.76 bits per heavy atom. The van der Waals surface area contributed by atoms with Crippen molar-refractivity contribution in [1.82, 2.24) is 15.0 Å². The van der Waals surface area contributed by atoms with Crippen LogP contribution >= 0.6 is 0 Å². The van der Waals surface area contributed by atoms with Crippen LogP contribution in [0.25, 0.3) is 11.0 Å². The van der Waals surface area contributed by atoms with Crippen LogP contribution in [0.2, 0.25) is 0 Å². The van der Waals surface area contributed by atoms with Crippen molar-refractivity contribution in [2.24, 2.45) is 0 Å². The van der Waals surface area contributed by atoms with E-state index in [4.69, 9.17) is 10.8 Å². The third-order valence-corrected chi connectivity index (χ3v) is 2.40. The molecule has 0 bridgehead atoms. The molecule has 8 heteroatoms. The molecule has 90 valence electrons. The molecule has 0 aliphatic carbocycles. The number of aliphatic carboxylic acids is 1. The Hall–Kier alpha value is -2.19. The van der Waals surface area contributed by atoms with Gasteiger partial charge in [-0.15, -0.1) is 0 Å². The first-order valence-corrected chi connectivity index (χ1v) is 4.68. The van der Waals surface area contributed by atoms with Crippen LogP contribution in [0.5, 0.6) is 0 Å². The normalized spacial score (nSPS) is 14.7. The van der Waals surface area contributed by atoms with Gasteiger partial charge in [0.15, 0.2) is 6.10 Å². The van der Waals surface area contributed by atoms with E-state index in [0.717, 1.165) is 0 Å². The molecular formula is C9H10N4O4. The maximum Gasteiger partial charge on any atom is 0.335 e. The number of rotatable bonds is 3. The van der Waals surface area contributed by atoms with Gasteiger partial charge in [0.05, 0.1) is 5.39 Å². The Kier molecular flexibility index (Phi) is 2.66. The van der Waals surface area contributed by atoms with Crippen molar-refractivity contribution in [2.45, 2.75) is 12.2 Å². The monoisotopic (exact) mass is 238 g/mol. The summed E-state index contributed by atoms with van der Waals surface area (Å²) in [6.07, 6.45) is -0.965. The van der Waals surface area contributed by atoms with Crippen LogP contribution in [0.15, 0.2) is 12.5 Å². The summed E-state index contributed by atoms with van der Waals surface area (Å²) < 4.78 is 0. The smallest absolute Gasteiger partial charge is 0.335 e. The van der Waals surface area contributed by atoms with Gasteiger partial charge in [-0.3, -0.25) is 0 Å². The van der Waals surface area contributed by atoms with Gasteiger partial charge in [0, 0.05) is 11.8 Å². The molecule has 0 saturated heterocycles. The number of nitrogen functional groups attached to an aromatic ring is 1. The van der Waals surface area contributed by atoms with Crippen LogP contribution in [-0.2, 0) is 4.79 Å². The van der Waals surface area contributed by atoms with Crippen LogP contribution < -0.4 is 5.73 Å². The maximum absolute atomic E-state index is 10.6. The molecular weight excluding hydrogens is 228 g/mol. The van der Waals surface area contributed by atoms with Gasteiger partial charge in [0.25, 0.3) is 0 Å². The molecule has 2 unspecified atom stereocenters. The Morgan fingerprint density at radius 2 is 2.12 bits per heavy atom. The molecule has 0 aliphatic rings. The highest BCUT2D eigenvalue weighted by Crippen LogP contribution is 2.28. The van der Waals surface area contributed by atoms with Crippen molar-refractivity contribution in [3.63, 3.8) is 0 Å². The van der Waals surface area contributed by atoms with E-state index in [2.05, 4.69) is 15.0 Å². The zero-order chi connectivity index (χ0) is 12.6. The maximum atomic E-state index is 10.6. The average Bonchev–Trinajstić information content (AvgIpc) is 2.72. The van der Waals surface area contributed by atoms with Gasteiger partial charge in [-0.1, -0.05) is 0 Å². The number of anilines is 1. The Morgan fingerprint density at radius 1 is 1.41 bits per heavy atom. The van der Waals surface area contributed by atoms with E-state index >= 15 is 0 Å². The summed E-state index contributed by atoms with van der Waals surface area (Å²) in [7, 11) is 0. The van der Waals surface area contributed by atoms with Crippen molar-refractivity contribution < 1.29 is 20.1 Å². The molecule has 0 fully saturated rings. The van der Waals surface area contributed by atoms with Crippen LogP contribution in [0.3, 0.4) is 0 Å². The Balaban J connectivity index is 2.52. The summed E-state index contributed by atoms with van der Waals surface area (Å²) in [5.41, 5.74) is 6.12. The minimum absolute atomic E-state index is 0.0999. The number of hydrogen-bond acceptors (Lipinski definition) is 6. The van der Waals surface area contributed by atoms with Gasteiger partial charge in [-0.2, -0.15) is 0 Å². The molecule has 2 aromatic rings. The highest BCUT2D eigenvalue weighted by Gasteiger charge is 2.28. The molecule has 6 N–H and O–H groups in total. The van der Waals surface area contributed by atoms with E-state index in [-0.39, 0.29) is 11.4 Å². The number of hydrogen-bond donors (Lipinski definition) is 5. The lowest BCUT2D eigenvalue weighted by molar-refractivity contribution is -0.153. The molecule has 2 heterocycles. The fourth-order valence-electron chi connectivity index (χ4n) is 1.55. The first-order chi connectivity index (χ1) is 8.02. The van der Waals surface area contributed by atoms with Crippen molar-refractivity contribution in [3.8, 4) is 0 Å². The summed E-state index contributed by atoms with van der Waals surface area (Å²) in [5, 5.41) is 27.9. The Bertz CT molecular complexity index is 567. The number of aromatic amines is 1. The fraction of sp³-hybridized carbons (Fsp3) is 0.222. The van der Waals surface area contributed by atoms with Crippen LogP contribution in [-0.4, -0.2) is 42.3 Å². The second kappa shape index (κ2) is 4.00. The van der Waals surface area contributed by atoms with Gasteiger partial charge in [0.1, 0.15) is 23.9 Å². The minimum atomic E-state index is -1.94. The first kappa shape index (κ1) is 11.3. The summed E-state index contributed by atoms with van der Waals surface area (Å²) in [6.45, 7) is 0. The number of aliphatic hydroxyl groups excluding tert-OH is 2.